The molecule has 0 heterocycles. The molecule has 2 N–H and O–H groups in total. The number of carbonyl (C=O) groups excluding carboxylic acids is 1. The Kier molecular flexibility index (Phi) is 5.06. The minimum atomic E-state index is -0.971. The molecule has 0 radical (unpaired) electrons. The van der Waals surface area contributed by atoms with Crippen LogP contribution in [0, 0.1) is 0 Å². The van der Waals surface area contributed by atoms with Gasteiger partial charge in [0.1, 0.15) is 0 Å². The first-order chi connectivity index (χ1) is 5.99. The van der Waals surface area contributed by atoms with E-state index in [1.807, 2.05) is 6.92 Å². The van der Waals surface area contributed by atoms with Gasteiger partial charge in [0.15, 0.2) is 0 Å². The zero-order valence-corrected chi connectivity index (χ0v) is 8.20. The summed E-state index contributed by atoms with van der Waals surface area (Å²) >= 11 is 0. The molecule has 0 aromatic carbocycles. The average Bonchev–Trinajstić information content (AvgIpc) is 2.01. The standard InChI is InChI=1S/C8H16N2O3/c1-4-9-6(5-7(11)12)8(13)10(2)3/h6,9H,4-5H2,1-3H3,(H,11,12)/t6-/m0/s1. The highest BCUT2D eigenvalue weighted by molar-refractivity contribution is 5.85. The maximum absolute atomic E-state index is 11.4. The molecule has 1 amide bonds. The van der Waals surface area contributed by atoms with Crippen molar-refractivity contribution in [2.24, 2.45) is 0 Å². The van der Waals surface area contributed by atoms with Crippen LogP contribution in [0.4, 0.5) is 0 Å². The molecule has 5 heteroatoms. The number of carboxylic acid groups (broad SMARTS) is 1. The molecule has 0 bridgehead atoms. The number of carboxylic acids is 1. The zero-order valence-electron chi connectivity index (χ0n) is 8.20. The number of hydrogen-bond acceptors (Lipinski definition) is 3. The molecule has 13 heavy (non-hydrogen) atoms. The van der Waals surface area contributed by atoms with Crippen LogP contribution in [0.3, 0.4) is 0 Å². The summed E-state index contributed by atoms with van der Waals surface area (Å²) in [6.07, 6.45) is -0.176. The highest BCUT2D eigenvalue weighted by Gasteiger charge is 2.21. The van der Waals surface area contributed by atoms with E-state index in [2.05, 4.69) is 5.32 Å². The number of nitrogens with zero attached hydrogens (tertiary/aromatic N) is 1. The number of carbonyl (C=O) groups is 2. The number of rotatable bonds is 5. The molecule has 0 saturated carbocycles. The van der Waals surface area contributed by atoms with Crippen molar-refractivity contribution >= 4 is 11.9 Å². The van der Waals surface area contributed by atoms with Crippen molar-refractivity contribution in [3.8, 4) is 0 Å². The van der Waals surface area contributed by atoms with Crippen LogP contribution < -0.4 is 5.32 Å². The topological polar surface area (TPSA) is 69.6 Å². The fourth-order valence-electron chi connectivity index (χ4n) is 0.979. The van der Waals surface area contributed by atoms with E-state index in [1.54, 1.807) is 14.1 Å². The minimum absolute atomic E-state index is 0.176. The number of hydrogen-bond donors (Lipinski definition) is 2. The van der Waals surface area contributed by atoms with Crippen molar-refractivity contribution in [3.05, 3.63) is 0 Å². The Hall–Kier alpha value is -1.10. The highest BCUT2D eigenvalue weighted by Crippen LogP contribution is 1.96. The Labute approximate surface area is 77.7 Å². The van der Waals surface area contributed by atoms with Crippen molar-refractivity contribution < 1.29 is 14.7 Å². The normalized spacial score (nSPS) is 12.2. The van der Waals surface area contributed by atoms with Gasteiger partial charge in [0, 0.05) is 14.1 Å². The monoisotopic (exact) mass is 188 g/mol. The van der Waals surface area contributed by atoms with Gasteiger partial charge in [-0.1, -0.05) is 6.92 Å². The predicted octanol–water partition coefficient (Wildman–Crippen LogP) is -0.473. The first kappa shape index (κ1) is 11.9. The lowest BCUT2D eigenvalue weighted by molar-refractivity contribution is -0.141. The third-order valence-corrected chi connectivity index (χ3v) is 1.57. The largest absolute Gasteiger partial charge is 0.481 e. The second kappa shape index (κ2) is 5.53. The van der Waals surface area contributed by atoms with Gasteiger partial charge < -0.3 is 15.3 Å². The van der Waals surface area contributed by atoms with Gasteiger partial charge in [-0.15, -0.1) is 0 Å². The van der Waals surface area contributed by atoms with Gasteiger partial charge in [-0.3, -0.25) is 9.59 Å². The van der Waals surface area contributed by atoms with E-state index in [1.165, 1.54) is 4.90 Å². The van der Waals surface area contributed by atoms with Crippen LogP contribution in [0.2, 0.25) is 0 Å². The lowest BCUT2D eigenvalue weighted by Gasteiger charge is -2.19. The highest BCUT2D eigenvalue weighted by atomic mass is 16.4. The molecule has 0 aliphatic heterocycles. The van der Waals surface area contributed by atoms with Crippen LogP contribution >= 0.6 is 0 Å². The summed E-state index contributed by atoms with van der Waals surface area (Å²) in [7, 11) is 3.21. The fourth-order valence-corrected chi connectivity index (χ4v) is 0.979. The summed E-state index contributed by atoms with van der Waals surface area (Å²) in [6.45, 7) is 2.41. The Balaban J connectivity index is 4.23. The predicted molar refractivity (Wildman–Crippen MR) is 48.4 cm³/mol. The Morgan fingerprint density at radius 1 is 1.46 bits per heavy atom. The lowest BCUT2D eigenvalue weighted by Crippen LogP contribution is -2.44. The van der Waals surface area contributed by atoms with E-state index in [-0.39, 0.29) is 12.3 Å². The summed E-state index contributed by atoms with van der Waals surface area (Å²) in [6, 6.07) is -0.613. The number of amides is 1. The van der Waals surface area contributed by atoms with Crippen LogP contribution in [0.15, 0.2) is 0 Å². The summed E-state index contributed by atoms with van der Waals surface area (Å²) in [5.41, 5.74) is 0. The first-order valence-corrected chi connectivity index (χ1v) is 4.15. The van der Waals surface area contributed by atoms with E-state index in [9.17, 15) is 9.59 Å². The molecule has 5 nitrogen and oxygen atoms in total. The van der Waals surface area contributed by atoms with Gasteiger partial charge in [-0.05, 0) is 6.54 Å². The minimum Gasteiger partial charge on any atom is -0.481 e. The molecular weight excluding hydrogens is 172 g/mol. The molecule has 0 aliphatic rings. The molecule has 0 spiro atoms. The quantitative estimate of drug-likeness (QED) is 0.612. The molecule has 0 unspecified atom stereocenters. The summed E-state index contributed by atoms with van der Waals surface area (Å²) < 4.78 is 0. The molecule has 0 saturated heterocycles. The molecule has 0 aromatic heterocycles. The molecule has 0 aliphatic carbocycles. The van der Waals surface area contributed by atoms with Crippen LogP contribution in [0.1, 0.15) is 13.3 Å². The zero-order chi connectivity index (χ0) is 10.4. The first-order valence-electron chi connectivity index (χ1n) is 4.15. The van der Waals surface area contributed by atoms with E-state index in [0.717, 1.165) is 0 Å². The maximum Gasteiger partial charge on any atom is 0.305 e. The Morgan fingerprint density at radius 2 is 2.00 bits per heavy atom. The SMILES string of the molecule is CCN[C@@H](CC(=O)O)C(=O)N(C)C. The van der Waals surface area contributed by atoms with Crippen molar-refractivity contribution in [1.29, 1.82) is 0 Å². The van der Waals surface area contributed by atoms with Gasteiger partial charge >= 0.3 is 5.97 Å². The van der Waals surface area contributed by atoms with Crippen LogP contribution in [-0.2, 0) is 9.59 Å². The lowest BCUT2D eigenvalue weighted by atomic mass is 10.2. The van der Waals surface area contributed by atoms with Crippen LogP contribution in [0.25, 0.3) is 0 Å². The number of aliphatic carboxylic acids is 1. The third kappa shape index (κ3) is 4.47. The van der Waals surface area contributed by atoms with Gasteiger partial charge in [0.25, 0.3) is 0 Å². The van der Waals surface area contributed by atoms with Gasteiger partial charge in [-0.25, -0.2) is 0 Å². The number of likely N-dealkylation sites (N-methyl/N-ethyl adjacent to an activating group) is 2. The van der Waals surface area contributed by atoms with Crippen LogP contribution in [-0.4, -0.2) is 48.6 Å². The molecule has 0 fully saturated rings. The fraction of sp³-hybridized carbons (Fsp3) is 0.750. The van der Waals surface area contributed by atoms with Gasteiger partial charge in [0.2, 0.25) is 5.91 Å². The third-order valence-electron chi connectivity index (χ3n) is 1.57. The Bertz CT molecular complexity index is 192. The van der Waals surface area contributed by atoms with E-state index < -0.39 is 12.0 Å². The summed E-state index contributed by atoms with van der Waals surface area (Å²) in [5, 5.41) is 11.4. The molecule has 0 rings (SSSR count). The average molecular weight is 188 g/mol. The smallest absolute Gasteiger partial charge is 0.305 e. The van der Waals surface area contributed by atoms with Gasteiger partial charge in [-0.2, -0.15) is 0 Å². The van der Waals surface area contributed by atoms with Crippen molar-refractivity contribution in [2.45, 2.75) is 19.4 Å². The van der Waals surface area contributed by atoms with Crippen molar-refractivity contribution in [3.63, 3.8) is 0 Å². The van der Waals surface area contributed by atoms with Crippen LogP contribution in [0.5, 0.6) is 0 Å². The van der Waals surface area contributed by atoms with Crippen molar-refractivity contribution in [2.75, 3.05) is 20.6 Å². The van der Waals surface area contributed by atoms with E-state index in [4.69, 9.17) is 5.11 Å². The van der Waals surface area contributed by atoms with Gasteiger partial charge in [0.05, 0.1) is 12.5 Å². The number of nitrogens with one attached hydrogen (secondary N) is 1. The maximum atomic E-state index is 11.4. The molecular formula is C8H16N2O3. The van der Waals surface area contributed by atoms with E-state index >= 15 is 0 Å². The Morgan fingerprint density at radius 3 is 2.31 bits per heavy atom. The molecule has 76 valence electrons. The molecule has 1 atom stereocenters. The summed E-state index contributed by atoms with van der Waals surface area (Å²) in [5.74, 6) is -1.18. The van der Waals surface area contributed by atoms with E-state index in [0.29, 0.717) is 6.54 Å². The molecule has 0 aromatic rings. The summed E-state index contributed by atoms with van der Waals surface area (Å²) in [4.78, 5) is 23.2. The van der Waals surface area contributed by atoms with Crippen molar-refractivity contribution in [1.82, 2.24) is 10.2 Å². The second-order valence-corrected chi connectivity index (χ2v) is 2.94. The second-order valence-electron chi connectivity index (χ2n) is 2.94.